The van der Waals surface area contributed by atoms with Gasteiger partial charge < -0.3 is 9.84 Å². The first-order chi connectivity index (χ1) is 11.0. The van der Waals surface area contributed by atoms with Gasteiger partial charge in [0.25, 0.3) is 0 Å². The van der Waals surface area contributed by atoms with Gasteiger partial charge in [0.05, 0.1) is 29.9 Å². The first kappa shape index (κ1) is 18.9. The Hall–Kier alpha value is -0.410. The van der Waals surface area contributed by atoms with Gasteiger partial charge in [-0.2, -0.15) is 4.31 Å². The maximum atomic E-state index is 12.8. The smallest absolute Gasteiger partial charge is 0.246 e. The van der Waals surface area contributed by atoms with Gasteiger partial charge in [-0.05, 0) is 12.1 Å². The average Bonchev–Trinajstić information content (AvgIpc) is 2.52. The molecular weight excluding hydrogens is 363 g/mol. The van der Waals surface area contributed by atoms with Crippen molar-refractivity contribution in [1.82, 2.24) is 9.21 Å². The molecule has 0 amide bonds. The number of halogens is 2. The van der Waals surface area contributed by atoms with E-state index in [9.17, 15) is 13.5 Å². The highest BCUT2D eigenvalue weighted by molar-refractivity contribution is 7.89. The molecule has 0 saturated carbocycles. The number of sulfonamides is 1. The summed E-state index contributed by atoms with van der Waals surface area (Å²) in [6, 6.07) is 4.56. The lowest BCUT2D eigenvalue weighted by atomic mass is 10.4. The molecule has 1 heterocycles. The van der Waals surface area contributed by atoms with Gasteiger partial charge in [-0.1, -0.05) is 29.3 Å². The van der Waals surface area contributed by atoms with E-state index in [2.05, 4.69) is 4.90 Å². The standard InChI is InChI=1S/C14H20Cl2N2O4S/c15-12-2-1-3-13(16)14(12)23(20,21)18(6-9-19)5-4-17-7-10-22-11-8-17/h1-3,19H,4-11H2. The van der Waals surface area contributed by atoms with E-state index in [-0.39, 0.29) is 34.6 Å². The topological polar surface area (TPSA) is 70.1 Å². The van der Waals surface area contributed by atoms with Gasteiger partial charge in [0.1, 0.15) is 4.90 Å². The molecule has 130 valence electrons. The summed E-state index contributed by atoms with van der Waals surface area (Å²) >= 11 is 12.1. The zero-order valence-corrected chi connectivity index (χ0v) is 14.9. The lowest BCUT2D eigenvalue weighted by molar-refractivity contribution is 0.0359. The molecule has 1 aliphatic rings. The molecule has 0 aliphatic carbocycles. The molecule has 2 rings (SSSR count). The van der Waals surface area contributed by atoms with E-state index < -0.39 is 10.0 Å². The second-order valence-corrected chi connectivity index (χ2v) is 7.82. The van der Waals surface area contributed by atoms with E-state index in [0.717, 1.165) is 13.1 Å². The minimum atomic E-state index is -3.87. The Bertz CT molecular complexity index is 601. The third-order valence-electron chi connectivity index (χ3n) is 3.64. The molecule has 0 aromatic heterocycles. The molecule has 6 nitrogen and oxygen atoms in total. The quantitative estimate of drug-likeness (QED) is 0.769. The highest BCUT2D eigenvalue weighted by Gasteiger charge is 2.29. The van der Waals surface area contributed by atoms with Crippen molar-refractivity contribution in [2.75, 3.05) is 52.5 Å². The molecule has 1 aliphatic heterocycles. The molecule has 1 aromatic carbocycles. The van der Waals surface area contributed by atoms with Crippen molar-refractivity contribution in [2.45, 2.75) is 4.90 Å². The van der Waals surface area contributed by atoms with Crippen LogP contribution in [0.2, 0.25) is 10.0 Å². The van der Waals surface area contributed by atoms with Crippen LogP contribution >= 0.6 is 23.2 Å². The molecule has 0 unspecified atom stereocenters. The highest BCUT2D eigenvalue weighted by Crippen LogP contribution is 2.31. The minimum absolute atomic E-state index is 0.00573. The van der Waals surface area contributed by atoms with E-state index in [4.69, 9.17) is 27.9 Å². The average molecular weight is 383 g/mol. The van der Waals surface area contributed by atoms with E-state index in [0.29, 0.717) is 19.8 Å². The first-order valence-corrected chi connectivity index (χ1v) is 9.51. The molecule has 9 heteroatoms. The van der Waals surface area contributed by atoms with Crippen molar-refractivity contribution in [2.24, 2.45) is 0 Å². The number of aliphatic hydroxyl groups excluding tert-OH is 1. The van der Waals surface area contributed by atoms with Gasteiger partial charge >= 0.3 is 0 Å². The number of nitrogens with zero attached hydrogens (tertiary/aromatic N) is 2. The Morgan fingerprint density at radius 2 is 1.78 bits per heavy atom. The summed E-state index contributed by atoms with van der Waals surface area (Å²) in [6.45, 7) is 3.35. The molecule has 1 N–H and O–H groups in total. The summed E-state index contributed by atoms with van der Waals surface area (Å²) in [4.78, 5) is 2.01. The van der Waals surface area contributed by atoms with Gasteiger partial charge in [-0.3, -0.25) is 4.90 Å². The minimum Gasteiger partial charge on any atom is -0.395 e. The molecule has 0 radical (unpaired) electrons. The molecule has 0 bridgehead atoms. The second kappa shape index (κ2) is 8.62. The zero-order valence-electron chi connectivity index (χ0n) is 12.6. The number of hydrogen-bond acceptors (Lipinski definition) is 5. The molecule has 0 atom stereocenters. The fourth-order valence-electron chi connectivity index (χ4n) is 2.40. The molecule has 1 saturated heterocycles. The largest absolute Gasteiger partial charge is 0.395 e. The van der Waals surface area contributed by atoms with Crippen molar-refractivity contribution in [3.63, 3.8) is 0 Å². The molecular formula is C14H20Cl2N2O4S. The molecule has 1 fully saturated rings. The van der Waals surface area contributed by atoms with Crippen LogP contribution in [0.1, 0.15) is 0 Å². The second-order valence-electron chi connectivity index (χ2n) is 5.13. The van der Waals surface area contributed by atoms with Crippen molar-refractivity contribution in [3.05, 3.63) is 28.2 Å². The third kappa shape index (κ3) is 4.79. The summed E-state index contributed by atoms with van der Waals surface area (Å²) < 4.78 is 32.2. The normalized spacial score (nSPS) is 16.9. The van der Waals surface area contributed by atoms with Gasteiger partial charge in [-0.15, -0.1) is 0 Å². The summed E-state index contributed by atoms with van der Waals surface area (Å²) in [5.41, 5.74) is 0. The van der Waals surface area contributed by atoms with Gasteiger partial charge in [0.2, 0.25) is 10.0 Å². The van der Waals surface area contributed by atoms with Crippen LogP contribution in [0.5, 0.6) is 0 Å². The van der Waals surface area contributed by atoms with Crippen molar-refractivity contribution in [3.8, 4) is 0 Å². The fourth-order valence-corrected chi connectivity index (χ4v) is 4.91. The van der Waals surface area contributed by atoms with E-state index >= 15 is 0 Å². The Morgan fingerprint density at radius 3 is 2.35 bits per heavy atom. The van der Waals surface area contributed by atoms with Crippen molar-refractivity contribution < 1.29 is 18.3 Å². The third-order valence-corrected chi connectivity index (χ3v) is 6.49. The van der Waals surface area contributed by atoms with Crippen LogP contribution in [0.15, 0.2) is 23.1 Å². The monoisotopic (exact) mass is 382 g/mol. The molecule has 1 aromatic rings. The first-order valence-electron chi connectivity index (χ1n) is 7.32. The summed E-state index contributed by atoms with van der Waals surface area (Å²) in [7, 11) is -3.87. The van der Waals surface area contributed by atoms with Crippen LogP contribution in [0, 0.1) is 0 Å². The summed E-state index contributed by atoms with van der Waals surface area (Å²) in [5, 5.41) is 9.37. The van der Waals surface area contributed by atoms with Gasteiger partial charge in [0, 0.05) is 32.7 Å². The lowest BCUT2D eigenvalue weighted by Gasteiger charge is -2.29. The Labute approximate surface area is 146 Å². The van der Waals surface area contributed by atoms with E-state index in [1.165, 1.54) is 16.4 Å². The Kier molecular flexibility index (Phi) is 7.09. The van der Waals surface area contributed by atoms with E-state index in [1.54, 1.807) is 6.07 Å². The number of hydrogen-bond donors (Lipinski definition) is 1. The lowest BCUT2D eigenvalue weighted by Crippen LogP contribution is -2.43. The van der Waals surface area contributed by atoms with Crippen molar-refractivity contribution >= 4 is 33.2 Å². The van der Waals surface area contributed by atoms with Crippen LogP contribution in [0.3, 0.4) is 0 Å². The molecule has 0 spiro atoms. The molecule has 23 heavy (non-hydrogen) atoms. The maximum absolute atomic E-state index is 12.8. The Morgan fingerprint density at radius 1 is 1.17 bits per heavy atom. The number of rotatable bonds is 7. The van der Waals surface area contributed by atoms with E-state index in [1.807, 2.05) is 0 Å². The number of aliphatic hydroxyl groups is 1. The summed E-state index contributed by atoms with van der Waals surface area (Å²) in [5.74, 6) is 0. The van der Waals surface area contributed by atoms with Gasteiger partial charge in [-0.25, -0.2) is 8.42 Å². The van der Waals surface area contributed by atoms with Crippen molar-refractivity contribution in [1.29, 1.82) is 0 Å². The SMILES string of the molecule is O=S(=O)(c1c(Cl)cccc1Cl)N(CCO)CCN1CCOCC1. The summed E-state index contributed by atoms with van der Waals surface area (Å²) in [6.07, 6.45) is 0. The van der Waals surface area contributed by atoms with Crippen LogP contribution in [-0.4, -0.2) is 75.3 Å². The van der Waals surface area contributed by atoms with Crippen LogP contribution in [-0.2, 0) is 14.8 Å². The fraction of sp³-hybridized carbons (Fsp3) is 0.571. The number of benzene rings is 1. The van der Waals surface area contributed by atoms with Crippen LogP contribution < -0.4 is 0 Å². The zero-order chi connectivity index (χ0) is 16.9. The van der Waals surface area contributed by atoms with Gasteiger partial charge in [0.15, 0.2) is 0 Å². The number of ether oxygens (including phenoxy) is 1. The van der Waals surface area contributed by atoms with Crippen LogP contribution in [0.25, 0.3) is 0 Å². The Balaban J connectivity index is 2.17. The number of morpholine rings is 1. The predicted molar refractivity (Wildman–Crippen MR) is 89.6 cm³/mol. The predicted octanol–water partition coefficient (Wildman–Crippen LogP) is 1.31. The van der Waals surface area contributed by atoms with Crippen LogP contribution in [0.4, 0.5) is 0 Å². The maximum Gasteiger partial charge on any atom is 0.246 e. The highest BCUT2D eigenvalue weighted by atomic mass is 35.5.